The average molecular weight is 505 g/mol. The van der Waals surface area contributed by atoms with E-state index >= 15 is 0 Å². The molecule has 0 spiro atoms. The third-order valence-electron chi connectivity index (χ3n) is 7.13. The monoisotopic (exact) mass is 504 g/mol. The Morgan fingerprint density at radius 3 is 2.33 bits per heavy atom. The van der Waals surface area contributed by atoms with Crippen LogP contribution < -0.4 is 10.6 Å². The number of ketones is 1. The summed E-state index contributed by atoms with van der Waals surface area (Å²) in [5.41, 5.74) is 2.39. The van der Waals surface area contributed by atoms with Crippen LogP contribution in [0.2, 0.25) is 0 Å². The number of carbonyl (C=O) groups excluding carboxylic acids is 2. The van der Waals surface area contributed by atoms with Crippen molar-refractivity contribution >= 4 is 28.7 Å². The van der Waals surface area contributed by atoms with Gasteiger partial charge in [0.2, 0.25) is 5.91 Å². The van der Waals surface area contributed by atoms with E-state index in [9.17, 15) is 19.7 Å². The zero-order chi connectivity index (χ0) is 25.2. The second-order valence-corrected chi connectivity index (χ2v) is 10.3. The molecule has 4 atom stereocenters. The number of aryl methyl sites for hydroxylation is 1. The SMILES string of the molecule is Cc1ccc(C2NC(C(=O)N3CCNCC3)C(c3cccs3)C2C(=O)c2ccc([N+](=O)[O-])cc2)cc1. The molecule has 2 aliphatic rings. The Morgan fingerprint density at radius 1 is 1.03 bits per heavy atom. The van der Waals surface area contributed by atoms with Crippen LogP contribution in [-0.2, 0) is 4.79 Å². The molecule has 2 aliphatic heterocycles. The van der Waals surface area contributed by atoms with Gasteiger partial charge in [-0.05, 0) is 36.1 Å². The van der Waals surface area contributed by atoms with Gasteiger partial charge in [0.15, 0.2) is 5.78 Å². The number of nitro groups is 1. The van der Waals surface area contributed by atoms with Crippen LogP contribution >= 0.6 is 11.3 Å². The Kier molecular flexibility index (Phi) is 6.95. The number of nitro benzene ring substituents is 1. The summed E-state index contributed by atoms with van der Waals surface area (Å²) in [7, 11) is 0. The van der Waals surface area contributed by atoms with E-state index in [2.05, 4.69) is 10.6 Å². The zero-order valence-electron chi connectivity index (χ0n) is 19.9. The van der Waals surface area contributed by atoms with Gasteiger partial charge in [0.1, 0.15) is 0 Å². The van der Waals surface area contributed by atoms with Crippen molar-refractivity contribution in [2.45, 2.75) is 24.9 Å². The van der Waals surface area contributed by atoms with E-state index in [1.807, 2.05) is 53.6 Å². The smallest absolute Gasteiger partial charge is 0.269 e. The molecule has 0 aliphatic carbocycles. The van der Waals surface area contributed by atoms with Crippen LogP contribution in [0.25, 0.3) is 0 Å². The highest BCUT2D eigenvalue weighted by Crippen LogP contribution is 2.47. The Hall–Kier alpha value is -3.40. The lowest BCUT2D eigenvalue weighted by molar-refractivity contribution is -0.384. The number of hydrogen-bond donors (Lipinski definition) is 2. The lowest BCUT2D eigenvalue weighted by Gasteiger charge is -2.32. The van der Waals surface area contributed by atoms with Gasteiger partial charge in [-0.2, -0.15) is 0 Å². The summed E-state index contributed by atoms with van der Waals surface area (Å²) >= 11 is 1.55. The van der Waals surface area contributed by atoms with Crippen LogP contribution in [-0.4, -0.2) is 53.7 Å². The first kappa shape index (κ1) is 24.3. The van der Waals surface area contributed by atoms with Crippen LogP contribution in [0, 0.1) is 23.0 Å². The Bertz CT molecular complexity index is 1240. The lowest BCUT2D eigenvalue weighted by Crippen LogP contribution is -2.53. The molecule has 2 aromatic carbocycles. The van der Waals surface area contributed by atoms with Crippen LogP contribution in [0.1, 0.15) is 38.3 Å². The lowest BCUT2D eigenvalue weighted by atomic mass is 9.78. The van der Waals surface area contributed by atoms with E-state index in [-0.39, 0.29) is 29.3 Å². The fraction of sp³-hybridized carbons (Fsp3) is 0.333. The topological polar surface area (TPSA) is 105 Å². The van der Waals surface area contributed by atoms with E-state index in [1.54, 1.807) is 11.3 Å². The standard InChI is InChI=1S/C27H28N4O4S/c1-17-4-6-18(7-5-17)24-23(26(32)19-8-10-20(11-9-19)31(34)35)22(21-3-2-16-36-21)25(29-24)27(33)30-14-12-28-13-15-30/h2-11,16,22-25,28-29H,12-15H2,1H3. The Morgan fingerprint density at radius 2 is 1.72 bits per heavy atom. The fourth-order valence-corrected chi connectivity index (χ4v) is 6.19. The number of nitrogens with one attached hydrogen (secondary N) is 2. The first-order chi connectivity index (χ1) is 17.4. The van der Waals surface area contributed by atoms with Gasteiger partial charge in [-0.1, -0.05) is 35.9 Å². The van der Waals surface area contributed by atoms with Crippen molar-refractivity contribution in [1.29, 1.82) is 0 Å². The summed E-state index contributed by atoms with van der Waals surface area (Å²) in [6.07, 6.45) is 0. The summed E-state index contributed by atoms with van der Waals surface area (Å²) in [6.45, 7) is 4.76. The second-order valence-electron chi connectivity index (χ2n) is 9.34. The van der Waals surface area contributed by atoms with Crippen molar-refractivity contribution in [3.8, 4) is 0 Å². The largest absolute Gasteiger partial charge is 0.339 e. The number of amides is 1. The molecule has 5 rings (SSSR count). The Balaban J connectivity index is 1.58. The molecule has 1 aromatic heterocycles. The third-order valence-corrected chi connectivity index (χ3v) is 8.11. The number of piperazine rings is 1. The van der Waals surface area contributed by atoms with Crippen LogP contribution in [0.4, 0.5) is 5.69 Å². The highest BCUT2D eigenvalue weighted by molar-refractivity contribution is 7.10. The minimum absolute atomic E-state index is 0.00557. The van der Waals surface area contributed by atoms with Gasteiger partial charge < -0.3 is 10.2 Å². The number of nitrogens with zero attached hydrogens (tertiary/aromatic N) is 2. The predicted molar refractivity (Wildman–Crippen MR) is 138 cm³/mol. The van der Waals surface area contributed by atoms with E-state index in [0.717, 1.165) is 29.1 Å². The van der Waals surface area contributed by atoms with Crippen molar-refractivity contribution in [3.63, 3.8) is 0 Å². The average Bonchev–Trinajstić information content (AvgIpc) is 3.57. The van der Waals surface area contributed by atoms with Gasteiger partial charge in [-0.15, -0.1) is 11.3 Å². The van der Waals surface area contributed by atoms with Gasteiger partial charge in [0, 0.05) is 60.7 Å². The van der Waals surface area contributed by atoms with Gasteiger partial charge >= 0.3 is 0 Å². The molecule has 2 N–H and O–H groups in total. The normalized spacial score (nSPS) is 24.0. The maximum atomic E-state index is 14.1. The van der Waals surface area contributed by atoms with Crippen molar-refractivity contribution in [3.05, 3.63) is 97.7 Å². The summed E-state index contributed by atoms with van der Waals surface area (Å²) in [6, 6.07) is 16.8. The molecule has 2 saturated heterocycles. The van der Waals surface area contributed by atoms with Crippen LogP contribution in [0.5, 0.6) is 0 Å². The number of hydrogen-bond acceptors (Lipinski definition) is 7. The molecule has 0 bridgehead atoms. The summed E-state index contributed by atoms with van der Waals surface area (Å²) in [4.78, 5) is 41.4. The minimum atomic E-state index is -0.556. The van der Waals surface area contributed by atoms with E-state index in [4.69, 9.17) is 0 Å². The number of carbonyl (C=O) groups is 2. The van der Waals surface area contributed by atoms with E-state index in [1.165, 1.54) is 24.3 Å². The van der Waals surface area contributed by atoms with Crippen molar-refractivity contribution in [2.24, 2.45) is 5.92 Å². The molecule has 1 amide bonds. The molecule has 8 nitrogen and oxygen atoms in total. The van der Waals surface area contributed by atoms with Crippen LogP contribution in [0.3, 0.4) is 0 Å². The highest BCUT2D eigenvalue weighted by Gasteiger charge is 2.52. The molecule has 2 fully saturated rings. The molecule has 3 aromatic rings. The van der Waals surface area contributed by atoms with Crippen molar-refractivity contribution < 1.29 is 14.5 Å². The quantitative estimate of drug-likeness (QED) is 0.301. The summed E-state index contributed by atoms with van der Waals surface area (Å²) in [5.74, 6) is -1.03. The molecule has 36 heavy (non-hydrogen) atoms. The molecule has 4 unspecified atom stereocenters. The molecule has 3 heterocycles. The molecular weight excluding hydrogens is 476 g/mol. The molecule has 0 radical (unpaired) electrons. The molecule has 0 saturated carbocycles. The van der Waals surface area contributed by atoms with Gasteiger partial charge in [-0.25, -0.2) is 0 Å². The number of non-ortho nitro benzene ring substituents is 1. The van der Waals surface area contributed by atoms with Crippen molar-refractivity contribution in [2.75, 3.05) is 26.2 Å². The molecular formula is C27H28N4O4S. The second kappa shape index (κ2) is 10.3. The first-order valence-electron chi connectivity index (χ1n) is 12.1. The highest BCUT2D eigenvalue weighted by atomic mass is 32.1. The third kappa shape index (κ3) is 4.69. The van der Waals surface area contributed by atoms with E-state index in [0.29, 0.717) is 18.7 Å². The zero-order valence-corrected chi connectivity index (χ0v) is 20.7. The number of thiophene rings is 1. The number of benzene rings is 2. The molecule has 186 valence electrons. The predicted octanol–water partition coefficient (Wildman–Crippen LogP) is 3.69. The summed E-state index contributed by atoms with van der Waals surface area (Å²) < 4.78 is 0. The maximum Gasteiger partial charge on any atom is 0.269 e. The first-order valence-corrected chi connectivity index (χ1v) is 13.0. The molecule has 9 heteroatoms. The Labute approximate surface area is 213 Å². The summed E-state index contributed by atoms with van der Waals surface area (Å²) in [5, 5.41) is 20.0. The van der Waals surface area contributed by atoms with Gasteiger partial charge in [0.25, 0.3) is 5.69 Å². The van der Waals surface area contributed by atoms with Gasteiger partial charge in [-0.3, -0.25) is 25.0 Å². The minimum Gasteiger partial charge on any atom is -0.339 e. The van der Waals surface area contributed by atoms with Crippen LogP contribution in [0.15, 0.2) is 66.0 Å². The van der Waals surface area contributed by atoms with Gasteiger partial charge in [0.05, 0.1) is 16.9 Å². The number of rotatable bonds is 6. The number of Topliss-reactive ketones (excluding diaryl/α,β-unsaturated/α-hetero) is 1. The fourth-order valence-electron chi connectivity index (χ4n) is 5.28. The van der Waals surface area contributed by atoms with E-state index < -0.39 is 16.9 Å². The van der Waals surface area contributed by atoms with Crippen molar-refractivity contribution in [1.82, 2.24) is 15.5 Å². The maximum absolute atomic E-state index is 14.1.